The van der Waals surface area contributed by atoms with E-state index in [0.29, 0.717) is 0 Å². The van der Waals surface area contributed by atoms with Crippen LogP contribution < -0.4 is 5.32 Å². The molecular formula is C8H9NOS. The van der Waals surface area contributed by atoms with E-state index in [1.165, 1.54) is 10.4 Å². The molecule has 1 aliphatic heterocycles. The van der Waals surface area contributed by atoms with E-state index in [0.717, 1.165) is 30.7 Å². The van der Waals surface area contributed by atoms with Gasteiger partial charge in [0.1, 0.15) is 0 Å². The summed E-state index contributed by atoms with van der Waals surface area (Å²) >= 11 is 1.60. The van der Waals surface area contributed by atoms with E-state index >= 15 is 0 Å². The number of aldehydes is 1. The highest BCUT2D eigenvalue weighted by Gasteiger charge is 2.11. The molecule has 58 valence electrons. The van der Waals surface area contributed by atoms with Gasteiger partial charge in [-0.3, -0.25) is 4.79 Å². The van der Waals surface area contributed by atoms with E-state index in [2.05, 4.69) is 5.32 Å². The second kappa shape index (κ2) is 2.75. The van der Waals surface area contributed by atoms with Crippen molar-refractivity contribution in [1.82, 2.24) is 5.32 Å². The fourth-order valence-electron chi connectivity index (χ4n) is 1.33. The molecule has 0 saturated carbocycles. The summed E-state index contributed by atoms with van der Waals surface area (Å²) in [4.78, 5) is 12.6. The summed E-state index contributed by atoms with van der Waals surface area (Å²) in [6.07, 6.45) is 2.00. The van der Waals surface area contributed by atoms with Crippen molar-refractivity contribution in [2.24, 2.45) is 0 Å². The van der Waals surface area contributed by atoms with E-state index in [9.17, 15) is 4.79 Å². The lowest BCUT2D eigenvalue weighted by Crippen LogP contribution is -2.21. The van der Waals surface area contributed by atoms with Gasteiger partial charge in [-0.15, -0.1) is 11.3 Å². The summed E-state index contributed by atoms with van der Waals surface area (Å²) < 4.78 is 0. The molecule has 2 rings (SSSR count). The van der Waals surface area contributed by atoms with Crippen molar-refractivity contribution >= 4 is 17.6 Å². The number of thiophene rings is 1. The van der Waals surface area contributed by atoms with E-state index in [4.69, 9.17) is 0 Å². The van der Waals surface area contributed by atoms with Gasteiger partial charge >= 0.3 is 0 Å². The Balaban J connectivity index is 2.39. The molecule has 0 aromatic carbocycles. The Morgan fingerprint density at radius 2 is 2.55 bits per heavy atom. The van der Waals surface area contributed by atoms with Crippen molar-refractivity contribution in [2.75, 3.05) is 6.54 Å². The lowest BCUT2D eigenvalue weighted by molar-refractivity contribution is 0.112. The fraction of sp³-hybridized carbons (Fsp3) is 0.375. The van der Waals surface area contributed by atoms with Crippen LogP contribution in [0.2, 0.25) is 0 Å². The summed E-state index contributed by atoms with van der Waals surface area (Å²) in [5, 5.41) is 3.27. The van der Waals surface area contributed by atoms with Gasteiger partial charge in [0.25, 0.3) is 0 Å². The van der Waals surface area contributed by atoms with Gasteiger partial charge in [-0.25, -0.2) is 0 Å². The van der Waals surface area contributed by atoms with Gasteiger partial charge in [0.2, 0.25) is 0 Å². The molecule has 0 aliphatic carbocycles. The number of nitrogens with one attached hydrogen (secondary N) is 1. The van der Waals surface area contributed by atoms with Gasteiger partial charge in [0.15, 0.2) is 6.29 Å². The van der Waals surface area contributed by atoms with E-state index in [1.54, 1.807) is 11.3 Å². The van der Waals surface area contributed by atoms with Crippen LogP contribution in [-0.4, -0.2) is 12.8 Å². The molecular weight excluding hydrogens is 158 g/mol. The number of hydrogen-bond acceptors (Lipinski definition) is 3. The largest absolute Gasteiger partial charge is 0.312 e. The Hall–Kier alpha value is -0.670. The van der Waals surface area contributed by atoms with Crippen LogP contribution in [0.1, 0.15) is 20.1 Å². The van der Waals surface area contributed by atoms with Crippen LogP contribution in [0.5, 0.6) is 0 Å². The van der Waals surface area contributed by atoms with Crippen LogP contribution >= 0.6 is 11.3 Å². The van der Waals surface area contributed by atoms with E-state index in [-0.39, 0.29) is 0 Å². The maximum Gasteiger partial charge on any atom is 0.160 e. The third-order valence-corrected chi connectivity index (χ3v) is 2.99. The zero-order chi connectivity index (χ0) is 7.68. The van der Waals surface area contributed by atoms with Crippen LogP contribution in [0.15, 0.2) is 6.07 Å². The number of hydrogen-bond donors (Lipinski definition) is 1. The number of carbonyl (C=O) groups excluding carboxylic acids is 1. The molecule has 0 bridgehead atoms. The van der Waals surface area contributed by atoms with Crippen molar-refractivity contribution in [3.8, 4) is 0 Å². The van der Waals surface area contributed by atoms with Crippen molar-refractivity contribution in [3.05, 3.63) is 21.4 Å². The van der Waals surface area contributed by atoms with Crippen LogP contribution in [-0.2, 0) is 13.0 Å². The minimum absolute atomic E-state index is 0.860. The number of carbonyl (C=O) groups is 1. The highest BCUT2D eigenvalue weighted by atomic mass is 32.1. The Kier molecular flexibility index (Phi) is 1.75. The minimum Gasteiger partial charge on any atom is -0.312 e. The molecule has 2 nitrogen and oxygen atoms in total. The van der Waals surface area contributed by atoms with Gasteiger partial charge < -0.3 is 5.32 Å². The van der Waals surface area contributed by atoms with Crippen LogP contribution in [0.25, 0.3) is 0 Å². The van der Waals surface area contributed by atoms with Gasteiger partial charge in [-0.2, -0.15) is 0 Å². The third-order valence-electron chi connectivity index (χ3n) is 1.89. The molecule has 0 amide bonds. The summed E-state index contributed by atoms with van der Waals surface area (Å²) in [6, 6.07) is 2.01. The number of rotatable bonds is 1. The molecule has 11 heavy (non-hydrogen) atoms. The lowest BCUT2D eigenvalue weighted by Gasteiger charge is -2.10. The van der Waals surface area contributed by atoms with E-state index in [1.807, 2.05) is 6.07 Å². The van der Waals surface area contributed by atoms with Crippen LogP contribution in [0.3, 0.4) is 0 Å². The first-order valence-electron chi connectivity index (χ1n) is 3.67. The van der Waals surface area contributed by atoms with Gasteiger partial charge in [0.05, 0.1) is 4.88 Å². The maximum atomic E-state index is 10.4. The highest BCUT2D eigenvalue weighted by Crippen LogP contribution is 2.23. The maximum absolute atomic E-state index is 10.4. The Labute approximate surface area is 69.2 Å². The Morgan fingerprint density at radius 1 is 1.64 bits per heavy atom. The summed E-state index contributed by atoms with van der Waals surface area (Å²) in [6.45, 7) is 1.98. The molecule has 0 fully saturated rings. The molecule has 1 aliphatic rings. The third kappa shape index (κ3) is 1.21. The second-order valence-corrected chi connectivity index (χ2v) is 3.81. The lowest BCUT2D eigenvalue weighted by atomic mass is 10.1. The first-order valence-corrected chi connectivity index (χ1v) is 4.49. The molecule has 0 spiro atoms. The molecule has 1 aromatic heterocycles. The van der Waals surface area contributed by atoms with E-state index < -0.39 is 0 Å². The predicted octanol–water partition coefficient (Wildman–Crippen LogP) is 1.21. The molecule has 2 heterocycles. The number of fused-ring (bicyclic) bond motifs is 1. The van der Waals surface area contributed by atoms with Crippen molar-refractivity contribution < 1.29 is 4.79 Å². The van der Waals surface area contributed by atoms with Crippen LogP contribution in [0, 0.1) is 0 Å². The summed E-state index contributed by atoms with van der Waals surface area (Å²) in [7, 11) is 0. The Bertz CT molecular complexity index is 256. The topological polar surface area (TPSA) is 29.1 Å². The fourth-order valence-corrected chi connectivity index (χ4v) is 2.33. The molecule has 0 radical (unpaired) electrons. The van der Waals surface area contributed by atoms with Crippen molar-refractivity contribution in [3.63, 3.8) is 0 Å². The second-order valence-electron chi connectivity index (χ2n) is 2.64. The van der Waals surface area contributed by atoms with Crippen molar-refractivity contribution in [2.45, 2.75) is 13.0 Å². The quantitative estimate of drug-likeness (QED) is 0.637. The molecule has 1 aromatic rings. The standard InChI is InChI=1S/C8H9NOS/c10-5-7-3-6-1-2-9-4-8(6)11-7/h3,5,9H,1-2,4H2. The summed E-state index contributed by atoms with van der Waals surface area (Å²) in [5.74, 6) is 0. The van der Waals surface area contributed by atoms with Gasteiger partial charge in [-0.05, 0) is 24.6 Å². The van der Waals surface area contributed by atoms with Gasteiger partial charge in [-0.1, -0.05) is 0 Å². The smallest absolute Gasteiger partial charge is 0.160 e. The summed E-state index contributed by atoms with van der Waals surface area (Å²) in [5.41, 5.74) is 1.36. The predicted molar refractivity (Wildman–Crippen MR) is 45.1 cm³/mol. The highest BCUT2D eigenvalue weighted by molar-refractivity contribution is 7.13. The average Bonchev–Trinajstić information content (AvgIpc) is 2.46. The normalized spacial score (nSPS) is 16.0. The monoisotopic (exact) mass is 167 g/mol. The zero-order valence-corrected chi connectivity index (χ0v) is 6.91. The molecule has 0 saturated heterocycles. The Morgan fingerprint density at radius 3 is 3.27 bits per heavy atom. The molecule has 3 heteroatoms. The SMILES string of the molecule is O=Cc1cc2c(s1)CNCC2. The van der Waals surface area contributed by atoms with Crippen LogP contribution in [0.4, 0.5) is 0 Å². The molecule has 1 N–H and O–H groups in total. The van der Waals surface area contributed by atoms with Gasteiger partial charge in [0, 0.05) is 11.4 Å². The molecule has 0 unspecified atom stereocenters. The average molecular weight is 167 g/mol. The van der Waals surface area contributed by atoms with Crippen molar-refractivity contribution in [1.29, 1.82) is 0 Å². The molecule has 0 atom stereocenters. The first-order chi connectivity index (χ1) is 5.40. The first kappa shape index (κ1) is 7.00. The zero-order valence-electron chi connectivity index (χ0n) is 6.09. The minimum atomic E-state index is 0.860.